The van der Waals surface area contributed by atoms with Crippen molar-refractivity contribution in [3.05, 3.63) is 45.6 Å². The number of sulfonamides is 1. The molecule has 0 radical (unpaired) electrons. The minimum absolute atomic E-state index is 0.190. The standard InChI is InChI=1S/C14H15NO4S2/c1-9-4-5-12(10(2)8-9)21(17,18)15-11-6-7-20-13(11)14(16)19-3/h4-8,15H,1-3H3. The van der Waals surface area contributed by atoms with Gasteiger partial charge in [0.2, 0.25) is 0 Å². The van der Waals surface area contributed by atoms with Crippen molar-refractivity contribution in [3.63, 3.8) is 0 Å². The average Bonchev–Trinajstić information content (AvgIpc) is 2.84. The van der Waals surface area contributed by atoms with E-state index in [1.54, 1.807) is 30.5 Å². The quantitative estimate of drug-likeness (QED) is 0.877. The molecule has 0 aliphatic carbocycles. The number of carbonyl (C=O) groups is 1. The third kappa shape index (κ3) is 3.25. The first kappa shape index (κ1) is 15.5. The Bertz CT molecular complexity index is 778. The topological polar surface area (TPSA) is 72.5 Å². The summed E-state index contributed by atoms with van der Waals surface area (Å²) in [7, 11) is -2.49. The van der Waals surface area contributed by atoms with Crippen molar-refractivity contribution in [1.29, 1.82) is 0 Å². The molecule has 0 spiro atoms. The number of benzene rings is 1. The maximum atomic E-state index is 12.4. The Balaban J connectivity index is 2.38. The molecule has 0 fully saturated rings. The fraction of sp³-hybridized carbons (Fsp3) is 0.214. The molecule has 2 rings (SSSR count). The number of esters is 1. The third-order valence-electron chi connectivity index (χ3n) is 2.90. The number of hydrogen-bond acceptors (Lipinski definition) is 5. The molecule has 0 amide bonds. The number of anilines is 1. The number of ether oxygens (including phenoxy) is 1. The summed E-state index contributed by atoms with van der Waals surface area (Å²) in [5.41, 5.74) is 1.86. The molecule has 2 aromatic rings. The van der Waals surface area contributed by atoms with Crippen molar-refractivity contribution in [1.82, 2.24) is 0 Å². The Morgan fingerprint density at radius 1 is 1.24 bits per heavy atom. The molecule has 1 aromatic heterocycles. The fourth-order valence-electron chi connectivity index (χ4n) is 1.94. The largest absolute Gasteiger partial charge is 0.465 e. The van der Waals surface area contributed by atoms with E-state index in [1.807, 2.05) is 6.92 Å². The van der Waals surface area contributed by atoms with Crippen LogP contribution in [0, 0.1) is 13.8 Å². The number of nitrogens with one attached hydrogen (secondary N) is 1. The van der Waals surface area contributed by atoms with Crippen LogP contribution in [0.2, 0.25) is 0 Å². The lowest BCUT2D eigenvalue weighted by Crippen LogP contribution is -2.16. The Kier molecular flexibility index (Phi) is 4.34. The van der Waals surface area contributed by atoms with Gasteiger partial charge in [0.25, 0.3) is 10.0 Å². The number of aryl methyl sites for hydroxylation is 2. The van der Waals surface area contributed by atoms with Gasteiger partial charge in [-0.15, -0.1) is 11.3 Å². The van der Waals surface area contributed by atoms with Gasteiger partial charge in [0.05, 0.1) is 17.7 Å². The van der Waals surface area contributed by atoms with Crippen LogP contribution in [-0.2, 0) is 14.8 Å². The number of methoxy groups -OCH3 is 1. The van der Waals surface area contributed by atoms with Crippen LogP contribution in [-0.4, -0.2) is 21.5 Å². The molecule has 1 aromatic carbocycles. The van der Waals surface area contributed by atoms with Crippen molar-refractivity contribution in [2.75, 3.05) is 11.8 Å². The minimum atomic E-state index is -3.75. The molecule has 5 nitrogen and oxygen atoms in total. The highest BCUT2D eigenvalue weighted by atomic mass is 32.2. The Hall–Kier alpha value is -1.86. The van der Waals surface area contributed by atoms with E-state index in [0.29, 0.717) is 5.56 Å². The Morgan fingerprint density at radius 2 is 1.95 bits per heavy atom. The summed E-state index contributed by atoms with van der Waals surface area (Å²) >= 11 is 1.12. The van der Waals surface area contributed by atoms with Crippen molar-refractivity contribution in [2.45, 2.75) is 18.7 Å². The lowest BCUT2D eigenvalue weighted by atomic mass is 10.2. The highest BCUT2D eigenvalue weighted by molar-refractivity contribution is 7.92. The van der Waals surface area contributed by atoms with E-state index in [-0.39, 0.29) is 15.5 Å². The molecule has 0 unspecified atom stereocenters. The molecule has 21 heavy (non-hydrogen) atoms. The highest BCUT2D eigenvalue weighted by Gasteiger charge is 2.21. The predicted octanol–water partition coefficient (Wildman–Crippen LogP) is 2.95. The summed E-state index contributed by atoms with van der Waals surface area (Å²) in [4.78, 5) is 12.0. The van der Waals surface area contributed by atoms with Crippen LogP contribution in [0.25, 0.3) is 0 Å². The van der Waals surface area contributed by atoms with Crippen molar-refractivity contribution in [2.24, 2.45) is 0 Å². The van der Waals surface area contributed by atoms with E-state index >= 15 is 0 Å². The second-order valence-corrected chi connectivity index (χ2v) is 7.10. The number of hydrogen-bond donors (Lipinski definition) is 1. The van der Waals surface area contributed by atoms with Gasteiger partial charge >= 0.3 is 5.97 Å². The van der Waals surface area contributed by atoms with Crippen LogP contribution < -0.4 is 4.72 Å². The van der Waals surface area contributed by atoms with Crippen LogP contribution in [0.5, 0.6) is 0 Å². The maximum Gasteiger partial charge on any atom is 0.350 e. The molecular formula is C14H15NO4S2. The molecule has 0 aliphatic heterocycles. The molecule has 1 N–H and O–H groups in total. The van der Waals surface area contributed by atoms with Gasteiger partial charge in [-0.2, -0.15) is 0 Å². The summed E-state index contributed by atoms with van der Waals surface area (Å²) in [6, 6.07) is 6.62. The van der Waals surface area contributed by atoms with E-state index in [2.05, 4.69) is 9.46 Å². The maximum absolute atomic E-state index is 12.4. The number of rotatable bonds is 4. The van der Waals surface area contributed by atoms with E-state index < -0.39 is 16.0 Å². The zero-order valence-corrected chi connectivity index (χ0v) is 13.5. The van der Waals surface area contributed by atoms with Gasteiger partial charge in [0.1, 0.15) is 4.88 Å². The molecule has 112 valence electrons. The molecule has 0 saturated heterocycles. The van der Waals surface area contributed by atoms with Gasteiger partial charge in [-0.05, 0) is 36.9 Å². The van der Waals surface area contributed by atoms with Crippen molar-refractivity contribution >= 4 is 33.0 Å². The van der Waals surface area contributed by atoms with Crippen LogP contribution in [0.3, 0.4) is 0 Å². The van der Waals surface area contributed by atoms with Gasteiger partial charge in [0.15, 0.2) is 0 Å². The second kappa shape index (κ2) is 5.87. The molecule has 7 heteroatoms. The molecule has 0 atom stereocenters. The van der Waals surface area contributed by atoms with E-state index in [9.17, 15) is 13.2 Å². The Labute approximate surface area is 127 Å². The van der Waals surface area contributed by atoms with Crippen LogP contribution in [0.1, 0.15) is 20.8 Å². The Morgan fingerprint density at radius 3 is 2.57 bits per heavy atom. The zero-order chi connectivity index (χ0) is 15.6. The lowest BCUT2D eigenvalue weighted by Gasteiger charge is -2.11. The summed E-state index contributed by atoms with van der Waals surface area (Å²) in [6.45, 7) is 3.63. The lowest BCUT2D eigenvalue weighted by molar-refractivity contribution is 0.0607. The molecule has 1 heterocycles. The molecular weight excluding hydrogens is 310 g/mol. The molecule has 0 saturated carbocycles. The summed E-state index contributed by atoms with van der Waals surface area (Å²) < 4.78 is 31.9. The fourth-order valence-corrected chi connectivity index (χ4v) is 4.07. The summed E-state index contributed by atoms with van der Waals surface area (Å²) in [5.74, 6) is -0.566. The number of thiophene rings is 1. The smallest absolute Gasteiger partial charge is 0.350 e. The van der Waals surface area contributed by atoms with Gasteiger partial charge in [0, 0.05) is 0 Å². The van der Waals surface area contributed by atoms with Crippen molar-refractivity contribution in [3.8, 4) is 0 Å². The third-order valence-corrected chi connectivity index (χ3v) is 5.32. The summed E-state index contributed by atoms with van der Waals surface area (Å²) in [6.07, 6.45) is 0. The van der Waals surface area contributed by atoms with Crippen LogP contribution in [0.4, 0.5) is 5.69 Å². The van der Waals surface area contributed by atoms with E-state index in [0.717, 1.165) is 16.9 Å². The first-order valence-corrected chi connectivity index (χ1v) is 8.47. The van der Waals surface area contributed by atoms with Crippen LogP contribution >= 0.6 is 11.3 Å². The van der Waals surface area contributed by atoms with Gasteiger partial charge in [-0.25, -0.2) is 13.2 Å². The SMILES string of the molecule is COC(=O)c1sccc1NS(=O)(=O)c1ccc(C)cc1C. The van der Waals surface area contributed by atoms with Crippen LogP contribution in [0.15, 0.2) is 34.5 Å². The molecule has 0 bridgehead atoms. The average molecular weight is 325 g/mol. The van der Waals surface area contributed by atoms with Gasteiger partial charge < -0.3 is 4.74 Å². The van der Waals surface area contributed by atoms with Gasteiger partial charge in [-0.3, -0.25) is 4.72 Å². The second-order valence-electron chi connectivity index (χ2n) is 4.53. The molecule has 0 aliphatic rings. The van der Waals surface area contributed by atoms with Gasteiger partial charge in [-0.1, -0.05) is 17.7 Å². The normalized spacial score (nSPS) is 11.2. The first-order chi connectivity index (χ1) is 9.85. The van der Waals surface area contributed by atoms with E-state index in [4.69, 9.17) is 0 Å². The zero-order valence-electron chi connectivity index (χ0n) is 11.8. The predicted molar refractivity (Wildman–Crippen MR) is 82.4 cm³/mol. The number of carbonyl (C=O) groups excluding carboxylic acids is 1. The minimum Gasteiger partial charge on any atom is -0.465 e. The summed E-state index contributed by atoms with van der Waals surface area (Å²) in [5, 5.41) is 1.63. The first-order valence-electron chi connectivity index (χ1n) is 6.11. The monoisotopic (exact) mass is 325 g/mol. The van der Waals surface area contributed by atoms with Crippen molar-refractivity contribution < 1.29 is 17.9 Å². The highest BCUT2D eigenvalue weighted by Crippen LogP contribution is 2.27. The van der Waals surface area contributed by atoms with E-state index in [1.165, 1.54) is 13.2 Å².